The van der Waals surface area contributed by atoms with Crippen LogP contribution in [0.2, 0.25) is 0 Å². The van der Waals surface area contributed by atoms with Crippen LogP contribution in [0.3, 0.4) is 0 Å². The number of hydrogen-bond acceptors (Lipinski definition) is 5. The van der Waals surface area contributed by atoms with Crippen molar-refractivity contribution in [1.29, 1.82) is 0 Å². The van der Waals surface area contributed by atoms with Gasteiger partial charge in [-0.1, -0.05) is 0 Å². The van der Waals surface area contributed by atoms with Gasteiger partial charge < -0.3 is 19.7 Å². The van der Waals surface area contributed by atoms with Crippen molar-refractivity contribution in [2.24, 2.45) is 0 Å². The average Bonchev–Trinajstić information content (AvgIpc) is 2.72. The monoisotopic (exact) mass is 433 g/mol. The third kappa shape index (κ3) is 4.53. The van der Waals surface area contributed by atoms with E-state index >= 15 is 0 Å². The number of methoxy groups -OCH3 is 2. The van der Waals surface area contributed by atoms with Crippen LogP contribution in [0.4, 0.5) is 5.82 Å². The summed E-state index contributed by atoms with van der Waals surface area (Å²) in [5.74, 6) is 1.89. The molecule has 2 heterocycles. The zero-order valence-electron chi connectivity index (χ0n) is 15.6. The number of piperidine rings is 1. The van der Waals surface area contributed by atoms with Crippen LogP contribution in [-0.4, -0.2) is 38.2 Å². The van der Waals surface area contributed by atoms with E-state index in [-0.39, 0.29) is 5.91 Å². The van der Waals surface area contributed by atoms with Gasteiger partial charge in [0.05, 0.1) is 24.3 Å². The average molecular weight is 434 g/mol. The minimum absolute atomic E-state index is 0.130. The van der Waals surface area contributed by atoms with Gasteiger partial charge in [0, 0.05) is 25.8 Å². The zero-order chi connectivity index (χ0) is 19.2. The second kappa shape index (κ2) is 9.08. The number of carbonyl (C=O) groups excluding carboxylic acids is 1. The molecule has 144 valence electrons. The van der Waals surface area contributed by atoms with Crippen molar-refractivity contribution < 1.29 is 14.3 Å². The van der Waals surface area contributed by atoms with E-state index in [1.54, 1.807) is 26.5 Å². The Labute approximate surface area is 168 Å². The normalized spacial score (nSPS) is 14.0. The van der Waals surface area contributed by atoms with E-state index in [1.807, 2.05) is 18.2 Å². The molecule has 0 bridgehead atoms. The molecule has 7 heteroatoms. The number of aromatic nitrogens is 1. The lowest BCUT2D eigenvalue weighted by molar-refractivity contribution is 0.0951. The van der Waals surface area contributed by atoms with Crippen LogP contribution in [0.1, 0.15) is 35.2 Å². The second-order valence-corrected chi connectivity index (χ2v) is 7.27. The highest BCUT2D eigenvalue weighted by Crippen LogP contribution is 2.36. The molecule has 1 aromatic carbocycles. The van der Waals surface area contributed by atoms with Gasteiger partial charge in [-0.2, -0.15) is 0 Å². The number of nitrogens with one attached hydrogen (secondary N) is 1. The Morgan fingerprint density at radius 2 is 2.00 bits per heavy atom. The van der Waals surface area contributed by atoms with Gasteiger partial charge in [-0.15, -0.1) is 0 Å². The smallest absolute Gasteiger partial charge is 0.255 e. The van der Waals surface area contributed by atoms with Gasteiger partial charge in [-0.05, 0) is 65.0 Å². The van der Waals surface area contributed by atoms with Gasteiger partial charge in [-0.25, -0.2) is 4.98 Å². The fourth-order valence-corrected chi connectivity index (χ4v) is 3.93. The quantitative estimate of drug-likeness (QED) is 0.750. The van der Waals surface area contributed by atoms with E-state index in [1.165, 1.54) is 6.42 Å². The maximum Gasteiger partial charge on any atom is 0.255 e. The third-order valence-electron chi connectivity index (χ3n) is 4.63. The number of pyridine rings is 1. The predicted octanol–water partition coefficient (Wildman–Crippen LogP) is 3.78. The van der Waals surface area contributed by atoms with Crippen molar-refractivity contribution in [2.75, 3.05) is 32.2 Å². The molecule has 1 aliphatic rings. The first-order chi connectivity index (χ1) is 13.1. The Hall–Kier alpha value is -2.28. The minimum atomic E-state index is -0.130. The molecule has 1 fully saturated rings. The molecular weight excluding hydrogens is 410 g/mol. The highest BCUT2D eigenvalue weighted by Gasteiger charge is 2.19. The third-order valence-corrected chi connectivity index (χ3v) is 5.22. The molecule has 1 aromatic heterocycles. The molecule has 6 nitrogen and oxygen atoms in total. The molecule has 3 rings (SSSR count). The summed E-state index contributed by atoms with van der Waals surface area (Å²) in [6.45, 7) is 2.27. The number of carbonyl (C=O) groups is 1. The maximum absolute atomic E-state index is 12.8. The summed E-state index contributed by atoms with van der Waals surface area (Å²) in [5.41, 5.74) is 1.52. The lowest BCUT2D eigenvalue weighted by atomic mass is 10.1. The maximum atomic E-state index is 12.8. The summed E-state index contributed by atoms with van der Waals surface area (Å²) in [6.07, 6.45) is 5.25. The zero-order valence-corrected chi connectivity index (χ0v) is 17.2. The number of benzene rings is 1. The number of hydrogen-bond donors (Lipinski definition) is 1. The number of amides is 1. The summed E-state index contributed by atoms with van der Waals surface area (Å²) < 4.78 is 11.5. The van der Waals surface area contributed by atoms with Gasteiger partial charge in [0.2, 0.25) is 0 Å². The largest absolute Gasteiger partial charge is 0.493 e. The van der Waals surface area contributed by atoms with Crippen molar-refractivity contribution >= 4 is 27.7 Å². The van der Waals surface area contributed by atoms with E-state index < -0.39 is 0 Å². The molecule has 27 heavy (non-hydrogen) atoms. The molecular formula is C20H24BrN3O3. The minimum Gasteiger partial charge on any atom is -0.493 e. The summed E-state index contributed by atoms with van der Waals surface area (Å²) in [4.78, 5) is 19.5. The first-order valence-corrected chi connectivity index (χ1v) is 9.82. The first-order valence-electron chi connectivity index (χ1n) is 9.02. The van der Waals surface area contributed by atoms with Crippen LogP contribution in [0.25, 0.3) is 0 Å². The molecule has 0 spiro atoms. The molecule has 1 aliphatic heterocycles. The molecule has 0 unspecified atom stereocenters. The second-order valence-electron chi connectivity index (χ2n) is 6.42. The summed E-state index contributed by atoms with van der Waals surface area (Å²) >= 11 is 3.48. The van der Waals surface area contributed by atoms with Crippen LogP contribution in [0.15, 0.2) is 34.9 Å². The van der Waals surface area contributed by atoms with Gasteiger partial charge in [-0.3, -0.25) is 4.79 Å². The van der Waals surface area contributed by atoms with Crippen LogP contribution in [0.5, 0.6) is 11.5 Å². The Balaban J connectivity index is 1.74. The summed E-state index contributed by atoms with van der Waals surface area (Å²) in [6, 6.07) is 7.40. The highest BCUT2D eigenvalue weighted by molar-refractivity contribution is 9.10. The molecule has 0 aliphatic carbocycles. The molecule has 2 aromatic rings. The Morgan fingerprint density at radius 3 is 2.70 bits per heavy atom. The van der Waals surface area contributed by atoms with Crippen molar-refractivity contribution in [2.45, 2.75) is 25.8 Å². The van der Waals surface area contributed by atoms with Crippen molar-refractivity contribution in [1.82, 2.24) is 10.3 Å². The van der Waals surface area contributed by atoms with E-state index in [0.29, 0.717) is 23.6 Å². The predicted molar refractivity (Wildman–Crippen MR) is 109 cm³/mol. The van der Waals surface area contributed by atoms with Crippen molar-refractivity contribution in [3.63, 3.8) is 0 Å². The summed E-state index contributed by atoms with van der Waals surface area (Å²) in [5, 5.41) is 2.99. The van der Waals surface area contributed by atoms with Crippen LogP contribution in [0, 0.1) is 0 Å². The number of halogens is 1. The number of rotatable bonds is 6. The van der Waals surface area contributed by atoms with Gasteiger partial charge in [0.1, 0.15) is 5.82 Å². The van der Waals surface area contributed by atoms with E-state index in [4.69, 9.17) is 9.47 Å². The van der Waals surface area contributed by atoms with E-state index in [0.717, 1.165) is 41.8 Å². The highest BCUT2D eigenvalue weighted by atomic mass is 79.9. The fourth-order valence-electron chi connectivity index (χ4n) is 3.28. The van der Waals surface area contributed by atoms with E-state index in [2.05, 4.69) is 31.1 Å². The Bertz CT molecular complexity index is 807. The standard InChI is InChI=1S/C20H24BrN3O3/c1-26-17-12-14(11-16(21)18(17)27-2)13-23-20(25)15-7-6-8-22-19(15)24-9-4-3-5-10-24/h6-8,11-12H,3-5,9-10,13H2,1-2H3,(H,23,25). The lowest BCUT2D eigenvalue weighted by Gasteiger charge is -2.29. The fraction of sp³-hybridized carbons (Fsp3) is 0.400. The van der Waals surface area contributed by atoms with Gasteiger partial charge in [0.25, 0.3) is 5.91 Å². The number of ether oxygens (including phenoxy) is 2. The SMILES string of the molecule is COc1cc(CNC(=O)c2cccnc2N2CCCCC2)cc(Br)c1OC. The molecule has 1 saturated heterocycles. The van der Waals surface area contributed by atoms with Crippen molar-refractivity contribution in [3.8, 4) is 11.5 Å². The topological polar surface area (TPSA) is 63.7 Å². The Morgan fingerprint density at radius 1 is 1.22 bits per heavy atom. The van der Waals surface area contributed by atoms with E-state index in [9.17, 15) is 4.79 Å². The lowest BCUT2D eigenvalue weighted by Crippen LogP contribution is -2.33. The molecule has 1 N–H and O–H groups in total. The van der Waals surface area contributed by atoms with Crippen LogP contribution >= 0.6 is 15.9 Å². The Kier molecular flexibility index (Phi) is 6.55. The first kappa shape index (κ1) is 19.5. The number of nitrogens with zero attached hydrogens (tertiary/aromatic N) is 2. The van der Waals surface area contributed by atoms with Crippen LogP contribution < -0.4 is 19.7 Å². The van der Waals surface area contributed by atoms with Gasteiger partial charge >= 0.3 is 0 Å². The van der Waals surface area contributed by atoms with Crippen molar-refractivity contribution in [3.05, 3.63) is 46.1 Å². The molecule has 0 saturated carbocycles. The molecule has 0 atom stereocenters. The van der Waals surface area contributed by atoms with Crippen LogP contribution in [-0.2, 0) is 6.54 Å². The summed E-state index contributed by atoms with van der Waals surface area (Å²) in [7, 11) is 3.18. The number of anilines is 1. The molecule has 0 radical (unpaired) electrons. The molecule has 1 amide bonds. The van der Waals surface area contributed by atoms with Gasteiger partial charge in [0.15, 0.2) is 11.5 Å².